The van der Waals surface area contributed by atoms with Gasteiger partial charge >= 0.3 is 0 Å². The second-order valence-corrected chi connectivity index (χ2v) is 8.74. The lowest BCUT2D eigenvalue weighted by Crippen LogP contribution is -2.44. The van der Waals surface area contributed by atoms with Crippen molar-refractivity contribution in [1.29, 1.82) is 5.26 Å². The number of nitriles is 1. The summed E-state index contributed by atoms with van der Waals surface area (Å²) in [6, 6.07) is 6.93. The summed E-state index contributed by atoms with van der Waals surface area (Å²) in [6.45, 7) is 1.45. The molecule has 20 heavy (non-hydrogen) atoms. The number of aliphatic hydroxyl groups is 1. The molecule has 1 aliphatic rings. The molecule has 2 unspecified atom stereocenters. The normalized spacial score (nSPS) is 27.8. The predicted molar refractivity (Wildman–Crippen MR) is 80.0 cm³/mol. The van der Waals surface area contributed by atoms with Crippen molar-refractivity contribution in [2.75, 3.05) is 11.5 Å². The van der Waals surface area contributed by atoms with Gasteiger partial charge in [0.25, 0.3) is 0 Å². The number of rotatable bonds is 2. The molecule has 1 aromatic rings. The van der Waals surface area contributed by atoms with Gasteiger partial charge in [0.15, 0.2) is 9.84 Å². The second-order valence-electron chi connectivity index (χ2n) is 5.23. The van der Waals surface area contributed by atoms with E-state index >= 15 is 0 Å². The van der Waals surface area contributed by atoms with Crippen LogP contribution < -0.4 is 0 Å². The van der Waals surface area contributed by atoms with Crippen molar-refractivity contribution in [1.82, 2.24) is 0 Å². The van der Waals surface area contributed by atoms with Gasteiger partial charge in [-0.2, -0.15) is 5.26 Å². The van der Waals surface area contributed by atoms with E-state index in [1.165, 1.54) is 6.92 Å². The highest BCUT2D eigenvalue weighted by Crippen LogP contribution is 2.49. The topological polar surface area (TPSA) is 78.2 Å². The second kappa shape index (κ2) is 4.99. The Hall–Kier alpha value is -0.610. The van der Waals surface area contributed by atoms with Crippen molar-refractivity contribution in [2.45, 2.75) is 18.9 Å². The van der Waals surface area contributed by atoms with Gasteiger partial charge in [-0.3, -0.25) is 0 Å². The maximum atomic E-state index is 11.7. The highest BCUT2D eigenvalue weighted by Gasteiger charge is 2.56. The van der Waals surface area contributed by atoms with Gasteiger partial charge in [-0.1, -0.05) is 33.6 Å². The van der Waals surface area contributed by atoms with Gasteiger partial charge in [0.1, 0.15) is 11.0 Å². The fourth-order valence-corrected chi connectivity index (χ4v) is 5.47. The molecule has 0 spiro atoms. The summed E-state index contributed by atoms with van der Waals surface area (Å²) in [5.41, 5.74) is -2.65. The van der Waals surface area contributed by atoms with E-state index in [1.807, 2.05) is 6.07 Å². The van der Waals surface area contributed by atoms with Crippen molar-refractivity contribution in [3.63, 3.8) is 0 Å². The van der Waals surface area contributed by atoms with Gasteiger partial charge in [-0.15, -0.1) is 0 Å². The first kappa shape index (κ1) is 15.8. The first-order chi connectivity index (χ1) is 9.13. The Bertz CT molecular complexity index is 696. The SMILES string of the molecule is CC(O)(c1ccc(Br)cc1Cl)C1(C#N)CCS(=O)(=O)C1. The number of hydrogen-bond donors (Lipinski definition) is 1. The zero-order valence-electron chi connectivity index (χ0n) is 10.7. The number of hydrogen-bond acceptors (Lipinski definition) is 4. The molecule has 0 aromatic heterocycles. The third-order valence-corrected chi connectivity index (χ3v) is 6.47. The van der Waals surface area contributed by atoms with Crippen LogP contribution in [0.25, 0.3) is 0 Å². The molecule has 0 bridgehead atoms. The Morgan fingerprint density at radius 1 is 1.55 bits per heavy atom. The molecule has 0 radical (unpaired) electrons. The summed E-state index contributed by atoms with van der Waals surface area (Å²) in [5, 5.41) is 20.6. The Morgan fingerprint density at radius 2 is 2.20 bits per heavy atom. The monoisotopic (exact) mass is 377 g/mol. The summed E-state index contributed by atoms with van der Waals surface area (Å²) in [7, 11) is -3.31. The van der Waals surface area contributed by atoms with Crippen LogP contribution >= 0.6 is 27.5 Å². The first-order valence-electron chi connectivity index (χ1n) is 5.93. The van der Waals surface area contributed by atoms with Crippen LogP contribution in [-0.2, 0) is 15.4 Å². The minimum Gasteiger partial charge on any atom is -0.384 e. The highest BCUT2D eigenvalue weighted by molar-refractivity contribution is 9.10. The average Bonchev–Trinajstić information content (AvgIpc) is 2.66. The third kappa shape index (κ3) is 2.48. The van der Waals surface area contributed by atoms with Crippen LogP contribution in [0.15, 0.2) is 22.7 Å². The zero-order valence-corrected chi connectivity index (χ0v) is 13.9. The zero-order chi connectivity index (χ0) is 15.2. The minimum absolute atomic E-state index is 0.0924. The van der Waals surface area contributed by atoms with Crippen LogP contribution in [0, 0.1) is 16.7 Å². The van der Waals surface area contributed by atoms with Gasteiger partial charge < -0.3 is 5.11 Å². The smallest absolute Gasteiger partial charge is 0.152 e. The molecular weight excluding hydrogens is 366 g/mol. The van der Waals surface area contributed by atoms with Crippen LogP contribution in [0.3, 0.4) is 0 Å². The van der Waals surface area contributed by atoms with Crippen LogP contribution in [0.4, 0.5) is 0 Å². The predicted octanol–water partition coefficient (Wildman–Crippen LogP) is 2.64. The summed E-state index contributed by atoms with van der Waals surface area (Å²) in [4.78, 5) is 0. The molecule has 1 N–H and O–H groups in total. The highest BCUT2D eigenvalue weighted by atomic mass is 79.9. The Kier molecular flexibility index (Phi) is 3.93. The standard InChI is InChI=1S/C13H13BrClNO3S/c1-12(17,10-3-2-9(14)6-11(10)15)13(7-16)4-5-20(18,19)8-13/h2-3,6,17H,4-5,8H2,1H3. The van der Waals surface area contributed by atoms with Crippen molar-refractivity contribution in [2.24, 2.45) is 5.41 Å². The van der Waals surface area contributed by atoms with E-state index in [4.69, 9.17) is 11.6 Å². The molecule has 2 rings (SSSR count). The number of sulfone groups is 1. The average molecular weight is 379 g/mol. The van der Waals surface area contributed by atoms with E-state index in [0.29, 0.717) is 10.6 Å². The molecule has 1 aromatic carbocycles. The van der Waals surface area contributed by atoms with Crippen molar-refractivity contribution < 1.29 is 13.5 Å². The van der Waals surface area contributed by atoms with Gasteiger partial charge in [0, 0.05) is 15.1 Å². The molecule has 2 atom stereocenters. The number of benzene rings is 1. The lowest BCUT2D eigenvalue weighted by Gasteiger charge is -2.37. The maximum Gasteiger partial charge on any atom is 0.152 e. The lowest BCUT2D eigenvalue weighted by atomic mass is 9.70. The van der Waals surface area contributed by atoms with Crippen LogP contribution in [-0.4, -0.2) is 25.0 Å². The molecule has 0 saturated carbocycles. The van der Waals surface area contributed by atoms with Crippen molar-refractivity contribution in [3.8, 4) is 6.07 Å². The van der Waals surface area contributed by atoms with Gasteiger partial charge in [-0.05, 0) is 25.5 Å². The van der Waals surface area contributed by atoms with Gasteiger partial charge in [0.2, 0.25) is 0 Å². The van der Waals surface area contributed by atoms with Crippen LogP contribution in [0.5, 0.6) is 0 Å². The molecule has 0 amide bonds. The van der Waals surface area contributed by atoms with E-state index in [9.17, 15) is 18.8 Å². The number of halogens is 2. The van der Waals surface area contributed by atoms with E-state index in [-0.39, 0.29) is 17.9 Å². The van der Waals surface area contributed by atoms with Gasteiger partial charge in [-0.25, -0.2) is 8.42 Å². The minimum atomic E-state index is -3.31. The quantitative estimate of drug-likeness (QED) is 0.858. The first-order valence-corrected chi connectivity index (χ1v) is 8.92. The summed E-state index contributed by atoms with van der Waals surface area (Å²) in [5.74, 6) is -0.444. The van der Waals surface area contributed by atoms with Crippen molar-refractivity contribution in [3.05, 3.63) is 33.3 Å². The van der Waals surface area contributed by atoms with E-state index < -0.39 is 20.9 Å². The molecule has 4 nitrogen and oxygen atoms in total. The molecule has 108 valence electrons. The lowest BCUT2D eigenvalue weighted by molar-refractivity contribution is -0.0322. The molecule has 1 saturated heterocycles. The molecule has 1 aliphatic heterocycles. The Labute approximate surface area is 131 Å². The molecule has 0 aliphatic carbocycles. The Balaban J connectivity index is 2.56. The van der Waals surface area contributed by atoms with E-state index in [2.05, 4.69) is 15.9 Å². The van der Waals surface area contributed by atoms with E-state index in [0.717, 1.165) is 4.47 Å². The fourth-order valence-electron chi connectivity index (χ4n) is 2.57. The fraction of sp³-hybridized carbons (Fsp3) is 0.462. The van der Waals surface area contributed by atoms with Crippen LogP contribution in [0.2, 0.25) is 5.02 Å². The molecule has 1 heterocycles. The van der Waals surface area contributed by atoms with Crippen LogP contribution in [0.1, 0.15) is 18.9 Å². The number of nitrogens with zero attached hydrogens (tertiary/aromatic N) is 1. The molecule has 7 heteroatoms. The summed E-state index contributed by atoms with van der Waals surface area (Å²) < 4.78 is 24.2. The largest absolute Gasteiger partial charge is 0.384 e. The maximum absolute atomic E-state index is 11.7. The summed E-state index contributed by atoms with van der Waals surface area (Å²) in [6.07, 6.45) is 0.102. The molecule has 1 fully saturated rings. The third-order valence-electron chi connectivity index (χ3n) is 3.91. The van der Waals surface area contributed by atoms with Crippen molar-refractivity contribution >= 4 is 37.4 Å². The van der Waals surface area contributed by atoms with E-state index in [1.54, 1.807) is 18.2 Å². The molecular formula is C13H13BrClNO3S. The Morgan fingerprint density at radius 3 is 2.65 bits per heavy atom. The summed E-state index contributed by atoms with van der Waals surface area (Å²) >= 11 is 9.40. The van der Waals surface area contributed by atoms with Gasteiger partial charge in [0.05, 0.1) is 17.6 Å².